The van der Waals surface area contributed by atoms with Crippen molar-refractivity contribution in [2.75, 3.05) is 6.61 Å². The Hall–Kier alpha value is -3.08. The highest BCUT2D eigenvalue weighted by molar-refractivity contribution is 5.89. The normalized spacial score (nSPS) is 35.8. The van der Waals surface area contributed by atoms with E-state index in [1.54, 1.807) is 24.3 Å². The number of nitrogens with zero attached hydrogens (tertiary/aromatic N) is 3. The van der Waals surface area contributed by atoms with E-state index in [4.69, 9.17) is 19.6 Å². The van der Waals surface area contributed by atoms with E-state index in [0.717, 1.165) is 12.8 Å². The van der Waals surface area contributed by atoms with Gasteiger partial charge in [0.25, 0.3) is 0 Å². The van der Waals surface area contributed by atoms with Gasteiger partial charge in [0.1, 0.15) is 11.9 Å². The van der Waals surface area contributed by atoms with Gasteiger partial charge < -0.3 is 14.2 Å². The van der Waals surface area contributed by atoms with Gasteiger partial charge in [0.15, 0.2) is 5.41 Å². The standard InChI is InChI=1S/C23H24N4O3/c1-3-15-9-10-23-18(11-15)22(14-26,20(27)30-23)21(12-24,13-25)19(29-23)16-7-5-6-8-17(16)28-4-2/h5-8,15,18-19,27H,3-4,9-11H2,1-2H3. The maximum atomic E-state index is 10.4. The van der Waals surface area contributed by atoms with Crippen LogP contribution in [0.1, 0.15) is 51.2 Å². The number of nitriles is 3. The van der Waals surface area contributed by atoms with E-state index < -0.39 is 28.6 Å². The van der Waals surface area contributed by atoms with Crippen molar-refractivity contribution in [3.63, 3.8) is 0 Å². The molecule has 0 radical (unpaired) electrons. The number of hydrogen-bond donors (Lipinski definition) is 1. The van der Waals surface area contributed by atoms with Crippen molar-refractivity contribution in [1.82, 2.24) is 0 Å². The number of para-hydroxylation sites is 1. The number of nitrogens with one attached hydrogen (secondary N) is 1. The van der Waals surface area contributed by atoms with Crippen molar-refractivity contribution < 1.29 is 14.2 Å². The molecule has 2 aliphatic heterocycles. The molecule has 3 fully saturated rings. The zero-order valence-corrected chi connectivity index (χ0v) is 17.1. The molecule has 7 heteroatoms. The number of hydrogen-bond acceptors (Lipinski definition) is 7. The Labute approximate surface area is 176 Å². The molecule has 5 atom stereocenters. The van der Waals surface area contributed by atoms with Crippen molar-refractivity contribution >= 4 is 5.90 Å². The van der Waals surface area contributed by atoms with E-state index in [0.29, 0.717) is 36.7 Å². The summed E-state index contributed by atoms with van der Waals surface area (Å²) in [6, 6.07) is 13.5. The number of rotatable bonds is 4. The van der Waals surface area contributed by atoms with Gasteiger partial charge in [-0.25, -0.2) is 0 Å². The van der Waals surface area contributed by atoms with E-state index in [1.807, 2.05) is 6.92 Å². The molecular weight excluding hydrogens is 380 g/mol. The van der Waals surface area contributed by atoms with Crippen LogP contribution in [0, 0.1) is 62.1 Å². The van der Waals surface area contributed by atoms with Gasteiger partial charge in [-0.2, -0.15) is 15.8 Å². The average molecular weight is 404 g/mol. The molecule has 5 unspecified atom stereocenters. The molecule has 1 N–H and O–H groups in total. The second-order valence-electron chi connectivity index (χ2n) is 8.26. The molecule has 2 saturated heterocycles. The van der Waals surface area contributed by atoms with E-state index in [-0.39, 0.29) is 5.90 Å². The lowest BCUT2D eigenvalue weighted by atomic mass is 9.50. The predicted octanol–water partition coefficient (Wildman–Crippen LogP) is 4.23. The minimum atomic E-state index is -1.94. The summed E-state index contributed by atoms with van der Waals surface area (Å²) in [6.45, 7) is 4.33. The van der Waals surface area contributed by atoms with E-state index >= 15 is 0 Å². The van der Waals surface area contributed by atoms with Crippen molar-refractivity contribution in [2.45, 2.75) is 51.4 Å². The summed E-state index contributed by atoms with van der Waals surface area (Å²) in [7, 11) is 0. The monoisotopic (exact) mass is 404 g/mol. The molecule has 0 amide bonds. The summed E-state index contributed by atoms with van der Waals surface area (Å²) in [6.07, 6.45) is 1.78. The van der Waals surface area contributed by atoms with Crippen molar-refractivity contribution in [1.29, 1.82) is 21.2 Å². The molecule has 2 heterocycles. The van der Waals surface area contributed by atoms with Crippen molar-refractivity contribution in [2.24, 2.45) is 22.7 Å². The van der Waals surface area contributed by atoms with Gasteiger partial charge in [-0.3, -0.25) is 5.41 Å². The first-order valence-electron chi connectivity index (χ1n) is 10.4. The van der Waals surface area contributed by atoms with E-state index in [9.17, 15) is 15.8 Å². The van der Waals surface area contributed by atoms with E-state index in [2.05, 4.69) is 25.1 Å². The summed E-state index contributed by atoms with van der Waals surface area (Å²) < 4.78 is 18.2. The highest BCUT2D eigenvalue weighted by Crippen LogP contribution is 2.70. The lowest BCUT2D eigenvalue weighted by molar-refractivity contribution is -0.299. The fourth-order valence-corrected chi connectivity index (χ4v) is 5.55. The second kappa shape index (κ2) is 7.01. The zero-order valence-electron chi connectivity index (χ0n) is 17.1. The largest absolute Gasteiger partial charge is 0.493 e. The lowest BCUT2D eigenvalue weighted by Crippen LogP contribution is -2.61. The van der Waals surface area contributed by atoms with Gasteiger partial charge >= 0.3 is 0 Å². The Morgan fingerprint density at radius 3 is 2.53 bits per heavy atom. The Morgan fingerprint density at radius 2 is 1.90 bits per heavy atom. The fourth-order valence-electron chi connectivity index (χ4n) is 5.55. The molecule has 154 valence electrons. The molecule has 1 saturated carbocycles. The van der Waals surface area contributed by atoms with Crippen LogP contribution >= 0.6 is 0 Å². The third kappa shape index (κ3) is 2.29. The van der Waals surface area contributed by atoms with Crippen LogP contribution in [0.4, 0.5) is 0 Å². The van der Waals surface area contributed by atoms with Gasteiger partial charge in [-0.15, -0.1) is 0 Å². The second-order valence-corrected chi connectivity index (χ2v) is 8.26. The highest BCUT2D eigenvalue weighted by atomic mass is 16.7. The van der Waals surface area contributed by atoms with Gasteiger partial charge in [0.2, 0.25) is 17.1 Å². The minimum absolute atomic E-state index is 0.328. The maximum Gasteiger partial charge on any atom is 0.217 e. The number of benzene rings is 1. The Balaban J connectivity index is 1.97. The average Bonchev–Trinajstić information content (AvgIpc) is 2.97. The first-order chi connectivity index (χ1) is 14.5. The third-order valence-electron chi connectivity index (χ3n) is 7.10. The summed E-state index contributed by atoms with van der Waals surface area (Å²) in [5.74, 6) is -1.23. The van der Waals surface area contributed by atoms with Crippen LogP contribution in [0.3, 0.4) is 0 Å². The minimum Gasteiger partial charge on any atom is -0.493 e. The Bertz CT molecular complexity index is 989. The molecule has 3 aliphatic rings. The summed E-state index contributed by atoms with van der Waals surface area (Å²) in [5, 5.41) is 39.7. The molecule has 2 bridgehead atoms. The summed E-state index contributed by atoms with van der Waals surface area (Å²) >= 11 is 0. The van der Waals surface area contributed by atoms with Gasteiger partial charge in [-0.1, -0.05) is 31.5 Å². The highest BCUT2D eigenvalue weighted by Gasteiger charge is 2.81. The van der Waals surface area contributed by atoms with Crippen LogP contribution in [0.25, 0.3) is 0 Å². The molecule has 0 spiro atoms. The Morgan fingerprint density at radius 1 is 1.17 bits per heavy atom. The first-order valence-corrected chi connectivity index (χ1v) is 10.4. The molecule has 1 aromatic rings. The molecule has 1 aliphatic carbocycles. The van der Waals surface area contributed by atoms with Crippen molar-refractivity contribution in [3.05, 3.63) is 29.8 Å². The molecule has 30 heavy (non-hydrogen) atoms. The first kappa shape index (κ1) is 20.2. The molecule has 7 nitrogen and oxygen atoms in total. The number of ether oxygens (including phenoxy) is 3. The molecule has 0 aromatic heterocycles. The maximum absolute atomic E-state index is 10.4. The van der Waals surface area contributed by atoms with Crippen LogP contribution in [-0.4, -0.2) is 18.3 Å². The molecular formula is C23H24N4O3. The molecule has 4 rings (SSSR count). The van der Waals surface area contributed by atoms with Crippen LogP contribution in [0.15, 0.2) is 24.3 Å². The molecule has 1 aromatic carbocycles. The van der Waals surface area contributed by atoms with Gasteiger partial charge in [0, 0.05) is 12.0 Å². The van der Waals surface area contributed by atoms with Crippen LogP contribution < -0.4 is 4.74 Å². The SMILES string of the molecule is CCOc1ccccc1C1OC23CCC(CC)CC2C(C#N)(C(=N)O3)C1(C#N)C#N. The van der Waals surface area contributed by atoms with Gasteiger partial charge in [0.05, 0.1) is 30.7 Å². The fraction of sp³-hybridized carbons (Fsp3) is 0.565. The van der Waals surface area contributed by atoms with Crippen LogP contribution in [-0.2, 0) is 9.47 Å². The topological polar surface area (TPSA) is 123 Å². The predicted molar refractivity (Wildman–Crippen MR) is 106 cm³/mol. The quantitative estimate of drug-likeness (QED) is 0.801. The summed E-state index contributed by atoms with van der Waals surface area (Å²) in [4.78, 5) is 0. The zero-order chi connectivity index (χ0) is 21.6. The third-order valence-corrected chi connectivity index (χ3v) is 7.10. The smallest absolute Gasteiger partial charge is 0.217 e. The van der Waals surface area contributed by atoms with Crippen LogP contribution in [0.2, 0.25) is 0 Å². The Kier molecular flexibility index (Phi) is 4.72. The lowest BCUT2D eigenvalue weighted by Gasteiger charge is -2.52. The summed E-state index contributed by atoms with van der Waals surface area (Å²) in [5.41, 5.74) is -3.12. The van der Waals surface area contributed by atoms with Gasteiger partial charge in [-0.05, 0) is 31.7 Å². The van der Waals surface area contributed by atoms with Crippen LogP contribution in [0.5, 0.6) is 5.75 Å². The van der Waals surface area contributed by atoms with Crippen molar-refractivity contribution in [3.8, 4) is 24.0 Å². The van der Waals surface area contributed by atoms with E-state index in [1.165, 1.54) is 0 Å².